The molecule has 4 N–H and O–H groups in total. The highest BCUT2D eigenvalue weighted by molar-refractivity contribution is 6.72. The van der Waals surface area contributed by atoms with E-state index in [-0.39, 0.29) is 43.2 Å². The van der Waals surface area contributed by atoms with Gasteiger partial charge in [-0.05, 0) is 55.8 Å². The van der Waals surface area contributed by atoms with Crippen LogP contribution in [-0.4, -0.2) is 66.4 Å². The van der Waals surface area contributed by atoms with Crippen molar-refractivity contribution in [1.82, 2.24) is 9.88 Å². The number of hydrogen-bond acceptors (Lipinski definition) is 5. The first kappa shape index (κ1) is 28.6. The number of ether oxygens (including phenoxy) is 1. The van der Waals surface area contributed by atoms with Crippen molar-refractivity contribution in [2.24, 2.45) is 5.92 Å². The number of anilines is 2. The van der Waals surface area contributed by atoms with Gasteiger partial charge in [0, 0.05) is 52.0 Å². The maximum absolute atomic E-state index is 15.9. The molecule has 0 radical (unpaired) electrons. The summed E-state index contributed by atoms with van der Waals surface area (Å²) >= 11 is 0. The van der Waals surface area contributed by atoms with Crippen LogP contribution in [0.15, 0.2) is 48.7 Å². The van der Waals surface area contributed by atoms with Gasteiger partial charge in [0.05, 0.1) is 31.6 Å². The first-order chi connectivity index (χ1) is 20.0. The Bertz CT molecular complexity index is 1550. The molecule has 5 atom stereocenters. The number of hydrogen-bond donors (Lipinski definition) is 4. The largest absolute Gasteiger partial charge is 0.394 e. The second kappa shape index (κ2) is 10.6. The fourth-order valence-electron chi connectivity index (χ4n) is 7.44. The highest BCUT2D eigenvalue weighted by atomic mass is 28.4. The first-order valence-corrected chi connectivity index (χ1v) is 17.6. The highest BCUT2D eigenvalue weighted by Crippen LogP contribution is 2.59. The second-order valence-electron chi connectivity index (χ2n) is 12.3. The van der Waals surface area contributed by atoms with Gasteiger partial charge in [0.15, 0.2) is 5.60 Å². The van der Waals surface area contributed by atoms with E-state index in [2.05, 4.69) is 15.6 Å². The van der Waals surface area contributed by atoms with Crippen LogP contribution in [0.2, 0.25) is 18.6 Å². The van der Waals surface area contributed by atoms with Crippen molar-refractivity contribution in [2.45, 2.75) is 69.0 Å². The standard InChI is InChI=1S/C31H37FN4O5Si/c1-18-29(42(2,3)32)26(15-28(39)36-12-6-7-21(36)17-37)41-31(18)23-14-20(10-11-25(23)35-30(31)40)34-27(38)13-19-16-33-24-9-5-4-8-22(19)24/h4-5,8-11,14,16,18,21,26,29,33,37H,6-7,12-13,15,17H2,1-3H3,(H,34,38)(H,35,40)/t18-,21+,26+,29-,31+/m1/s1. The van der Waals surface area contributed by atoms with E-state index in [1.165, 1.54) is 0 Å². The first-order valence-electron chi connectivity index (χ1n) is 14.6. The molecular weight excluding hydrogens is 555 g/mol. The van der Waals surface area contributed by atoms with Gasteiger partial charge in [-0.15, -0.1) is 0 Å². The third-order valence-electron chi connectivity index (χ3n) is 9.31. The number of H-pyrrole nitrogens is 1. The number of fused-ring (bicyclic) bond motifs is 3. The Labute approximate surface area is 245 Å². The topological polar surface area (TPSA) is 124 Å². The Morgan fingerprint density at radius 2 is 2.02 bits per heavy atom. The number of aliphatic hydroxyl groups excluding tert-OH is 1. The Morgan fingerprint density at radius 3 is 2.79 bits per heavy atom. The third-order valence-corrected chi connectivity index (χ3v) is 11.8. The molecule has 0 aliphatic carbocycles. The fraction of sp³-hybridized carbons (Fsp3) is 0.452. The number of nitrogens with zero attached hydrogens (tertiary/aromatic N) is 1. The quantitative estimate of drug-likeness (QED) is 0.239. The van der Waals surface area contributed by atoms with Crippen molar-refractivity contribution in [3.63, 3.8) is 0 Å². The summed E-state index contributed by atoms with van der Waals surface area (Å²) in [5, 5.41) is 16.5. The summed E-state index contributed by atoms with van der Waals surface area (Å²) in [7, 11) is -3.42. The number of aromatic amines is 1. The minimum Gasteiger partial charge on any atom is -0.394 e. The Hall–Kier alpha value is -3.54. The minimum absolute atomic E-state index is 0.0583. The lowest BCUT2D eigenvalue weighted by atomic mass is 9.82. The van der Waals surface area contributed by atoms with Gasteiger partial charge < -0.3 is 34.5 Å². The number of benzene rings is 2. The summed E-state index contributed by atoms with van der Waals surface area (Å²) in [4.78, 5) is 44.9. The van der Waals surface area contributed by atoms with Crippen LogP contribution in [0, 0.1) is 5.92 Å². The molecule has 9 nitrogen and oxygen atoms in total. The highest BCUT2D eigenvalue weighted by Gasteiger charge is 2.65. The summed E-state index contributed by atoms with van der Waals surface area (Å²) < 4.78 is 22.5. The smallest absolute Gasteiger partial charge is 0.261 e. The average molecular weight is 593 g/mol. The zero-order chi connectivity index (χ0) is 29.8. The molecule has 0 saturated carbocycles. The number of likely N-dealkylation sites (tertiary alicyclic amines) is 1. The van der Waals surface area contributed by atoms with Crippen LogP contribution in [-0.2, 0) is 31.1 Å². The molecular formula is C31H37FN4O5Si. The Balaban J connectivity index is 1.27. The number of aromatic nitrogens is 1. The van der Waals surface area contributed by atoms with E-state index in [1.807, 2.05) is 37.4 Å². The fourth-order valence-corrected chi connectivity index (χ4v) is 9.94. The van der Waals surface area contributed by atoms with Gasteiger partial charge in [0.1, 0.15) is 0 Å². The van der Waals surface area contributed by atoms with Crippen LogP contribution in [0.25, 0.3) is 10.9 Å². The van der Waals surface area contributed by atoms with E-state index in [1.54, 1.807) is 36.2 Å². The van der Waals surface area contributed by atoms with Crippen molar-refractivity contribution in [1.29, 1.82) is 0 Å². The van der Waals surface area contributed by atoms with Gasteiger partial charge in [0.25, 0.3) is 5.91 Å². The van der Waals surface area contributed by atoms with Crippen LogP contribution < -0.4 is 10.6 Å². The normalized spacial score (nSPS) is 27.1. The minimum atomic E-state index is -3.42. The number of nitrogens with one attached hydrogen (secondary N) is 3. The number of aliphatic hydroxyl groups is 1. The average Bonchev–Trinajstić information content (AvgIpc) is 3.70. The predicted octanol–water partition coefficient (Wildman–Crippen LogP) is 4.45. The van der Waals surface area contributed by atoms with Gasteiger partial charge in [-0.2, -0.15) is 0 Å². The van der Waals surface area contributed by atoms with E-state index >= 15 is 4.11 Å². The lowest BCUT2D eigenvalue weighted by Gasteiger charge is -2.31. The Morgan fingerprint density at radius 1 is 1.24 bits per heavy atom. The number of halogens is 1. The van der Waals surface area contributed by atoms with E-state index in [0.717, 1.165) is 29.3 Å². The van der Waals surface area contributed by atoms with Crippen LogP contribution in [0.4, 0.5) is 15.5 Å². The van der Waals surface area contributed by atoms with E-state index < -0.39 is 31.6 Å². The molecule has 0 bridgehead atoms. The molecule has 3 aromatic rings. The summed E-state index contributed by atoms with van der Waals surface area (Å²) in [5.41, 5.74) is 1.31. The monoisotopic (exact) mass is 592 g/mol. The molecule has 1 aromatic heterocycles. The number of amides is 3. The maximum atomic E-state index is 15.9. The van der Waals surface area contributed by atoms with Crippen molar-refractivity contribution in [2.75, 3.05) is 23.8 Å². The molecule has 1 spiro atoms. The van der Waals surface area contributed by atoms with Crippen LogP contribution in [0.5, 0.6) is 0 Å². The molecule has 2 saturated heterocycles. The van der Waals surface area contributed by atoms with Gasteiger partial charge in [-0.1, -0.05) is 25.1 Å². The molecule has 3 aliphatic heterocycles. The van der Waals surface area contributed by atoms with Crippen molar-refractivity contribution in [3.8, 4) is 0 Å². The number of rotatable bonds is 7. The van der Waals surface area contributed by atoms with E-state index in [9.17, 15) is 19.5 Å². The molecule has 3 aliphatic rings. The zero-order valence-electron chi connectivity index (χ0n) is 24.1. The molecule has 2 fully saturated rings. The van der Waals surface area contributed by atoms with Crippen molar-refractivity contribution < 1.29 is 28.3 Å². The Kier molecular flexibility index (Phi) is 7.23. The molecule has 42 heavy (non-hydrogen) atoms. The van der Waals surface area contributed by atoms with Crippen LogP contribution in [0.3, 0.4) is 0 Å². The van der Waals surface area contributed by atoms with Gasteiger partial charge in [0.2, 0.25) is 20.2 Å². The third kappa shape index (κ3) is 4.73. The number of carbonyl (C=O) groups excluding carboxylic acids is 3. The molecule has 6 rings (SSSR count). The zero-order valence-corrected chi connectivity index (χ0v) is 25.1. The van der Waals surface area contributed by atoms with Crippen LogP contribution >= 0.6 is 0 Å². The maximum Gasteiger partial charge on any atom is 0.261 e. The van der Waals surface area contributed by atoms with Gasteiger partial charge >= 0.3 is 0 Å². The van der Waals surface area contributed by atoms with E-state index in [0.29, 0.717) is 23.5 Å². The lowest BCUT2D eigenvalue weighted by molar-refractivity contribution is -0.148. The molecule has 2 aromatic carbocycles. The predicted molar refractivity (Wildman–Crippen MR) is 160 cm³/mol. The molecule has 222 valence electrons. The van der Waals surface area contributed by atoms with Crippen molar-refractivity contribution >= 4 is 48.4 Å². The summed E-state index contributed by atoms with van der Waals surface area (Å²) in [6.45, 7) is 5.44. The lowest BCUT2D eigenvalue weighted by Crippen LogP contribution is -2.42. The summed E-state index contributed by atoms with van der Waals surface area (Å²) in [5.74, 6) is -1.34. The SMILES string of the molecule is C[C@@H]1[C@@H]([Si](C)(C)F)[C@H](CC(=O)N2CCC[C@H]2CO)O[C@@]12C(=O)Nc1ccc(NC(=O)Cc3c[nH]c4ccccc34)cc12. The summed E-state index contributed by atoms with van der Waals surface area (Å²) in [6.07, 6.45) is 2.67. The molecule has 3 amide bonds. The summed E-state index contributed by atoms with van der Waals surface area (Å²) in [6, 6.07) is 12.7. The van der Waals surface area contributed by atoms with Gasteiger partial charge in [-0.3, -0.25) is 14.4 Å². The van der Waals surface area contributed by atoms with E-state index in [4.69, 9.17) is 4.74 Å². The van der Waals surface area contributed by atoms with Gasteiger partial charge in [-0.25, -0.2) is 0 Å². The van der Waals surface area contributed by atoms with Crippen LogP contribution in [0.1, 0.15) is 37.3 Å². The van der Waals surface area contributed by atoms with Crippen molar-refractivity contribution in [3.05, 3.63) is 59.8 Å². The number of para-hydroxylation sites is 1. The molecule has 0 unspecified atom stereocenters. The second-order valence-corrected chi connectivity index (χ2v) is 16.1. The number of carbonyl (C=O) groups is 3. The molecule has 11 heteroatoms. The molecule has 4 heterocycles.